The van der Waals surface area contributed by atoms with Crippen molar-refractivity contribution in [2.45, 2.75) is 120 Å². The summed E-state index contributed by atoms with van der Waals surface area (Å²) in [6, 6.07) is 29.0. The number of nitrogens with zero attached hydrogens (tertiary/aromatic N) is 5. The van der Waals surface area contributed by atoms with E-state index in [1.165, 1.54) is 40.5 Å². The zero-order valence-electron chi connectivity index (χ0n) is 45.8. The number of alkyl halides is 12. The van der Waals surface area contributed by atoms with E-state index in [9.17, 15) is 77.3 Å². The number of amides is 1. The third kappa shape index (κ3) is 15.2. The fourth-order valence-electron chi connectivity index (χ4n) is 10.7. The van der Waals surface area contributed by atoms with Gasteiger partial charge in [0, 0.05) is 6.54 Å². The number of ether oxygens (including phenoxy) is 3. The lowest BCUT2D eigenvalue weighted by molar-refractivity contribution is -0.145. The maximum Gasteiger partial charge on any atom is 0.416 e. The van der Waals surface area contributed by atoms with Gasteiger partial charge in [-0.2, -0.15) is 62.9 Å². The molecule has 0 unspecified atom stereocenters. The number of piperidine rings is 2. The van der Waals surface area contributed by atoms with Gasteiger partial charge in [0.15, 0.2) is 0 Å². The highest BCUT2D eigenvalue weighted by Gasteiger charge is 2.54. The molecule has 478 valence electrons. The molecule has 0 saturated carbocycles. The minimum Gasteiger partial charge on any atom is -0.445 e. The molecule has 4 heterocycles. The zero-order valence-corrected chi connectivity index (χ0v) is 45.8. The first kappa shape index (κ1) is 69.3. The quantitative estimate of drug-likeness (QED) is 0.0576. The van der Waals surface area contributed by atoms with Crippen LogP contribution in [0.5, 0.6) is 0 Å². The molecule has 16 nitrogen and oxygen atoms in total. The van der Waals surface area contributed by atoms with Crippen molar-refractivity contribution < 1.29 is 81.9 Å². The molecule has 0 spiro atoms. The highest BCUT2D eigenvalue weighted by Crippen LogP contribution is 2.47. The molecule has 2 fully saturated rings. The number of benzene rings is 5. The minimum absolute atomic E-state index is 0. The Morgan fingerprint density at radius 1 is 0.568 bits per heavy atom. The van der Waals surface area contributed by atoms with Crippen LogP contribution in [0.1, 0.15) is 117 Å². The second kappa shape index (κ2) is 27.3. The van der Waals surface area contributed by atoms with E-state index >= 15 is 0 Å². The number of rotatable bonds is 16. The number of halogens is 12. The number of aromatic amines is 2. The maximum absolute atomic E-state index is 14.0. The molecule has 7 aromatic rings. The number of carbonyl (C=O) groups excluding carboxylic acids is 1. The summed E-state index contributed by atoms with van der Waals surface area (Å²) in [5.74, 6) is 0. The number of hydrogen-bond acceptors (Lipinski definition) is 11. The van der Waals surface area contributed by atoms with E-state index in [2.05, 4.69) is 25.7 Å². The van der Waals surface area contributed by atoms with Crippen LogP contribution in [0.4, 0.5) is 57.5 Å². The Balaban J connectivity index is 0.000000282. The van der Waals surface area contributed by atoms with Crippen molar-refractivity contribution in [2.75, 3.05) is 39.5 Å². The first-order valence-electron chi connectivity index (χ1n) is 26.6. The zero-order chi connectivity index (χ0) is 62.5. The van der Waals surface area contributed by atoms with Crippen molar-refractivity contribution in [1.29, 1.82) is 0 Å². The molecular formula is C60H66F12N8O8. The van der Waals surface area contributed by atoms with Gasteiger partial charge >= 0.3 is 42.2 Å². The molecule has 2 saturated heterocycles. The normalized spacial score (nSPS) is 21.4. The van der Waals surface area contributed by atoms with Gasteiger partial charge in [-0.3, -0.25) is 14.0 Å². The van der Waals surface area contributed by atoms with Crippen LogP contribution in [0.25, 0.3) is 0 Å². The standard InChI is InChI=1S/C33H32F6N4O5.C25H26F6N4O3.2CH4/c1-22(24-14-26(32(34,35)36)16-27(15-24)33(37,38)39)48-20-31(25-10-6-3-7-11-25)13-12-30(19-44,43-21-40-41-28(43)45)18-42(31)29(46)47-17-23-8-4-2-5-9-23;1-16(17-9-19(24(26,27)28)11-20(10-17)25(29,30)31)38-14-23(18-5-3-2-4-6-18)8-7-22(13-36,12-32-23)35-15-33-34-21(35)37;;/h2-11,14-16,21-22,44H,12-13,17-20H2,1H3,(H,41,45);2-6,9-11,15-16,32,36H,7-8,12-14H2,1H3,(H,34,37);2*1H4/t22-,30+,31-;16-,22+,23-;;/m11../s1. The number of nitrogens with one attached hydrogen (secondary N) is 3. The van der Waals surface area contributed by atoms with Gasteiger partial charge in [0.05, 0.1) is 89.6 Å². The van der Waals surface area contributed by atoms with E-state index in [-0.39, 0.29) is 83.9 Å². The van der Waals surface area contributed by atoms with Crippen LogP contribution in [0.3, 0.4) is 0 Å². The third-order valence-corrected chi connectivity index (χ3v) is 15.8. The Kier molecular flexibility index (Phi) is 21.5. The van der Waals surface area contributed by atoms with E-state index in [1.54, 1.807) is 78.9 Å². The molecule has 2 aliphatic rings. The second-order valence-electron chi connectivity index (χ2n) is 21.2. The van der Waals surface area contributed by atoms with Crippen molar-refractivity contribution in [2.24, 2.45) is 0 Å². The van der Waals surface area contributed by atoms with Gasteiger partial charge in [-0.15, -0.1) is 0 Å². The van der Waals surface area contributed by atoms with Crippen molar-refractivity contribution in [3.8, 4) is 0 Å². The molecule has 6 atom stereocenters. The van der Waals surface area contributed by atoms with E-state index < -0.39 is 112 Å². The van der Waals surface area contributed by atoms with Crippen molar-refractivity contribution in [3.05, 3.63) is 211 Å². The van der Waals surface area contributed by atoms with Crippen molar-refractivity contribution >= 4 is 6.09 Å². The SMILES string of the molecule is C.C.C[C@@H](OC[C@@]1(c2ccccc2)CC[C@](CO)(n2cn[nH]c2=O)CN1)c1cc(C(F)(F)F)cc(C(F)(F)F)c1.C[C@@H](OC[C@@]1(c2ccccc2)CC[C@](CO)(n2cn[nH]c2=O)CN1C(=O)OCc1ccccc1)c1cc(C(F)(F)F)cc(C(F)(F)F)c1. The smallest absolute Gasteiger partial charge is 0.416 e. The largest absolute Gasteiger partial charge is 0.445 e. The predicted molar refractivity (Wildman–Crippen MR) is 297 cm³/mol. The number of aliphatic hydroxyl groups excluding tert-OH is 2. The molecule has 0 radical (unpaired) electrons. The van der Waals surface area contributed by atoms with Crippen LogP contribution in [-0.4, -0.2) is 90.3 Å². The fourth-order valence-corrected chi connectivity index (χ4v) is 10.7. The average molecular weight is 1260 g/mol. The molecule has 0 bridgehead atoms. The summed E-state index contributed by atoms with van der Waals surface area (Å²) in [6.07, 6.45) is -20.0. The average Bonchev–Trinajstić information content (AvgIpc) is 3.00. The van der Waals surface area contributed by atoms with E-state index in [4.69, 9.17) is 14.2 Å². The number of aliphatic hydroxyl groups is 2. The second-order valence-corrected chi connectivity index (χ2v) is 21.2. The summed E-state index contributed by atoms with van der Waals surface area (Å²) in [6.45, 7) is 0.963. The van der Waals surface area contributed by atoms with Crippen LogP contribution < -0.4 is 16.7 Å². The number of carbonyl (C=O) groups is 1. The van der Waals surface area contributed by atoms with Gasteiger partial charge in [0.2, 0.25) is 0 Å². The summed E-state index contributed by atoms with van der Waals surface area (Å²) in [4.78, 5) is 40.2. The summed E-state index contributed by atoms with van der Waals surface area (Å²) in [5.41, 5.74) is -10.2. The van der Waals surface area contributed by atoms with Gasteiger partial charge in [-0.25, -0.2) is 24.6 Å². The number of aromatic nitrogens is 6. The summed E-state index contributed by atoms with van der Waals surface area (Å²) in [5, 5.41) is 36.2. The third-order valence-electron chi connectivity index (χ3n) is 15.8. The van der Waals surface area contributed by atoms with E-state index in [1.807, 2.05) is 12.1 Å². The number of likely N-dealkylation sites (tertiary alicyclic amines) is 1. The molecule has 0 aliphatic carbocycles. The summed E-state index contributed by atoms with van der Waals surface area (Å²) in [7, 11) is 0. The van der Waals surface area contributed by atoms with E-state index in [0.29, 0.717) is 48.2 Å². The molecular weight excluding hydrogens is 1190 g/mol. The van der Waals surface area contributed by atoms with Crippen LogP contribution in [-0.2, 0) is 67.7 Å². The van der Waals surface area contributed by atoms with Crippen molar-refractivity contribution in [1.82, 2.24) is 39.7 Å². The van der Waals surface area contributed by atoms with Crippen LogP contribution in [0, 0.1) is 0 Å². The lowest BCUT2D eigenvalue weighted by Gasteiger charge is -2.53. The monoisotopic (exact) mass is 1250 g/mol. The molecule has 88 heavy (non-hydrogen) atoms. The predicted octanol–water partition coefficient (Wildman–Crippen LogP) is 12.0. The van der Waals surface area contributed by atoms with Gasteiger partial charge in [-0.1, -0.05) is 106 Å². The van der Waals surface area contributed by atoms with Crippen LogP contribution in [0.2, 0.25) is 0 Å². The Bertz CT molecular complexity index is 3450. The topological polar surface area (TPSA) is 202 Å². The summed E-state index contributed by atoms with van der Waals surface area (Å²) >= 11 is 0. The first-order valence-corrected chi connectivity index (χ1v) is 26.6. The minimum atomic E-state index is -5.05. The Labute approximate surface area is 497 Å². The molecule has 2 aromatic heterocycles. The molecule has 9 rings (SSSR count). The summed E-state index contributed by atoms with van der Waals surface area (Å²) < 4.78 is 182. The highest BCUT2D eigenvalue weighted by atomic mass is 19.4. The van der Waals surface area contributed by atoms with Gasteiger partial charge in [0.1, 0.15) is 19.3 Å². The molecule has 1 amide bonds. The maximum atomic E-state index is 14.0. The lowest BCUT2D eigenvalue weighted by Crippen LogP contribution is -2.64. The Hall–Kier alpha value is -7.79. The van der Waals surface area contributed by atoms with Gasteiger partial charge in [0.25, 0.3) is 0 Å². The van der Waals surface area contributed by atoms with Gasteiger partial charge < -0.3 is 29.7 Å². The molecule has 5 N–H and O–H groups in total. The van der Waals surface area contributed by atoms with Crippen molar-refractivity contribution in [3.63, 3.8) is 0 Å². The number of hydrogen-bond donors (Lipinski definition) is 5. The highest BCUT2D eigenvalue weighted by molar-refractivity contribution is 5.70. The van der Waals surface area contributed by atoms with Crippen LogP contribution in [0.15, 0.2) is 150 Å². The Morgan fingerprint density at radius 2 is 0.977 bits per heavy atom. The lowest BCUT2D eigenvalue weighted by atomic mass is 9.74. The molecule has 28 heteroatoms. The molecule has 5 aromatic carbocycles. The number of H-pyrrole nitrogens is 2. The van der Waals surface area contributed by atoms with Crippen LogP contribution >= 0.6 is 0 Å². The Morgan fingerprint density at radius 3 is 1.38 bits per heavy atom. The van der Waals surface area contributed by atoms with Gasteiger partial charge in [-0.05, 0) is 104 Å². The fraction of sp³-hybridized carbons (Fsp3) is 0.417. The molecule has 2 aliphatic heterocycles. The van der Waals surface area contributed by atoms with E-state index in [0.717, 1.165) is 5.56 Å². The first-order chi connectivity index (χ1) is 40.5.